The zero-order chi connectivity index (χ0) is 9.52. The molecule has 1 aliphatic rings. The molecule has 0 radical (unpaired) electrons. The lowest BCUT2D eigenvalue weighted by atomic mass is 9.95. The van der Waals surface area contributed by atoms with E-state index in [4.69, 9.17) is 5.26 Å². The van der Waals surface area contributed by atoms with Crippen molar-refractivity contribution in [1.29, 1.82) is 5.26 Å². The Morgan fingerprint density at radius 2 is 2.08 bits per heavy atom. The minimum atomic E-state index is 0.582. The minimum Gasteiger partial charge on any atom is -0.386 e. The van der Waals surface area contributed by atoms with Crippen LogP contribution < -0.4 is 5.32 Å². The SMILES string of the molecule is C=C(CCC#N)NC1CCCCC1. The molecule has 0 aromatic rings. The molecule has 0 amide bonds. The van der Waals surface area contributed by atoms with Crippen molar-refractivity contribution in [2.45, 2.75) is 51.0 Å². The van der Waals surface area contributed by atoms with Crippen molar-refractivity contribution in [2.24, 2.45) is 0 Å². The standard InChI is InChI=1S/C11H18N2/c1-10(6-5-9-12)13-11-7-3-2-4-8-11/h11,13H,1-8H2. The third kappa shape index (κ3) is 3.98. The average molecular weight is 178 g/mol. The Morgan fingerprint density at radius 1 is 1.38 bits per heavy atom. The highest BCUT2D eigenvalue weighted by Crippen LogP contribution is 2.18. The topological polar surface area (TPSA) is 35.8 Å². The summed E-state index contributed by atoms with van der Waals surface area (Å²) in [6, 6.07) is 2.76. The summed E-state index contributed by atoms with van der Waals surface area (Å²) in [6.45, 7) is 3.92. The molecule has 0 saturated heterocycles. The van der Waals surface area contributed by atoms with Crippen molar-refractivity contribution in [2.75, 3.05) is 0 Å². The van der Waals surface area contributed by atoms with Crippen LogP contribution in [-0.4, -0.2) is 6.04 Å². The molecule has 0 aromatic heterocycles. The van der Waals surface area contributed by atoms with Gasteiger partial charge in [-0.25, -0.2) is 0 Å². The largest absolute Gasteiger partial charge is 0.386 e. The third-order valence-electron chi connectivity index (χ3n) is 2.55. The molecular weight excluding hydrogens is 160 g/mol. The summed E-state index contributed by atoms with van der Waals surface area (Å²) >= 11 is 0. The molecule has 1 aliphatic carbocycles. The van der Waals surface area contributed by atoms with Gasteiger partial charge in [0.2, 0.25) is 0 Å². The maximum absolute atomic E-state index is 8.40. The summed E-state index contributed by atoms with van der Waals surface area (Å²) in [4.78, 5) is 0. The van der Waals surface area contributed by atoms with E-state index < -0.39 is 0 Å². The summed E-state index contributed by atoms with van der Waals surface area (Å²) in [5, 5.41) is 11.8. The van der Waals surface area contributed by atoms with E-state index in [2.05, 4.69) is 18.0 Å². The molecule has 0 heterocycles. The van der Waals surface area contributed by atoms with Crippen LogP contribution in [0.4, 0.5) is 0 Å². The van der Waals surface area contributed by atoms with E-state index in [0.717, 1.165) is 12.1 Å². The predicted octanol–water partition coefficient (Wildman–Crippen LogP) is 2.73. The zero-order valence-electron chi connectivity index (χ0n) is 8.18. The monoisotopic (exact) mass is 178 g/mol. The number of nitrogens with zero attached hydrogens (tertiary/aromatic N) is 1. The smallest absolute Gasteiger partial charge is 0.0625 e. The Kier molecular flexibility index (Phi) is 4.39. The van der Waals surface area contributed by atoms with Gasteiger partial charge in [-0.05, 0) is 19.3 Å². The molecule has 0 unspecified atom stereocenters. The van der Waals surface area contributed by atoms with Crippen LogP contribution in [-0.2, 0) is 0 Å². The first kappa shape index (κ1) is 10.1. The number of allylic oxidation sites excluding steroid dienone is 1. The van der Waals surface area contributed by atoms with Crippen LogP contribution >= 0.6 is 0 Å². The Bertz CT molecular complexity index is 197. The van der Waals surface area contributed by atoms with Gasteiger partial charge >= 0.3 is 0 Å². The lowest BCUT2D eigenvalue weighted by molar-refractivity contribution is 0.393. The second-order valence-corrected chi connectivity index (χ2v) is 3.74. The molecule has 0 bridgehead atoms. The normalized spacial score (nSPS) is 17.8. The van der Waals surface area contributed by atoms with Crippen LogP contribution in [0.2, 0.25) is 0 Å². The average Bonchev–Trinajstić information content (AvgIpc) is 2.16. The fourth-order valence-corrected chi connectivity index (χ4v) is 1.81. The zero-order valence-corrected chi connectivity index (χ0v) is 8.18. The van der Waals surface area contributed by atoms with Gasteiger partial charge in [0.15, 0.2) is 0 Å². The van der Waals surface area contributed by atoms with Gasteiger partial charge in [-0.2, -0.15) is 5.26 Å². The van der Waals surface area contributed by atoms with Crippen molar-refractivity contribution < 1.29 is 0 Å². The van der Waals surface area contributed by atoms with E-state index in [1.165, 1.54) is 32.1 Å². The molecule has 0 spiro atoms. The minimum absolute atomic E-state index is 0.582. The van der Waals surface area contributed by atoms with Gasteiger partial charge in [-0.15, -0.1) is 0 Å². The molecule has 72 valence electrons. The molecule has 0 aromatic carbocycles. The van der Waals surface area contributed by atoms with E-state index in [1.54, 1.807) is 0 Å². The molecule has 1 fully saturated rings. The van der Waals surface area contributed by atoms with Crippen LogP contribution in [0.25, 0.3) is 0 Å². The highest BCUT2D eigenvalue weighted by atomic mass is 14.9. The van der Waals surface area contributed by atoms with E-state index in [9.17, 15) is 0 Å². The van der Waals surface area contributed by atoms with E-state index in [-0.39, 0.29) is 0 Å². The molecule has 2 nitrogen and oxygen atoms in total. The van der Waals surface area contributed by atoms with Gasteiger partial charge in [0.25, 0.3) is 0 Å². The summed E-state index contributed by atoms with van der Waals surface area (Å²) in [7, 11) is 0. The van der Waals surface area contributed by atoms with Crippen LogP contribution in [0.15, 0.2) is 12.3 Å². The summed E-state index contributed by atoms with van der Waals surface area (Å²) in [6.07, 6.45) is 7.97. The van der Waals surface area contributed by atoms with Crippen LogP contribution in [0, 0.1) is 11.3 Å². The van der Waals surface area contributed by atoms with Crippen LogP contribution in [0.3, 0.4) is 0 Å². The van der Waals surface area contributed by atoms with Gasteiger partial charge in [0.05, 0.1) is 6.07 Å². The Hall–Kier alpha value is -0.970. The summed E-state index contributed by atoms with van der Waals surface area (Å²) in [5.74, 6) is 0. The Morgan fingerprint density at radius 3 is 2.69 bits per heavy atom. The lowest BCUT2D eigenvalue weighted by Crippen LogP contribution is -2.29. The fourth-order valence-electron chi connectivity index (χ4n) is 1.81. The fraction of sp³-hybridized carbons (Fsp3) is 0.727. The van der Waals surface area contributed by atoms with Gasteiger partial charge in [-0.3, -0.25) is 0 Å². The molecule has 13 heavy (non-hydrogen) atoms. The third-order valence-corrected chi connectivity index (χ3v) is 2.55. The molecule has 1 saturated carbocycles. The van der Waals surface area contributed by atoms with E-state index in [0.29, 0.717) is 12.5 Å². The second kappa shape index (κ2) is 5.64. The van der Waals surface area contributed by atoms with Crippen LogP contribution in [0.5, 0.6) is 0 Å². The van der Waals surface area contributed by atoms with Gasteiger partial charge in [-0.1, -0.05) is 25.8 Å². The number of hydrogen-bond donors (Lipinski definition) is 1. The van der Waals surface area contributed by atoms with Gasteiger partial charge in [0.1, 0.15) is 0 Å². The molecule has 1 rings (SSSR count). The quantitative estimate of drug-likeness (QED) is 0.718. The van der Waals surface area contributed by atoms with E-state index in [1.807, 2.05) is 0 Å². The second-order valence-electron chi connectivity index (χ2n) is 3.74. The first-order chi connectivity index (χ1) is 6.33. The number of rotatable bonds is 4. The van der Waals surface area contributed by atoms with Crippen molar-refractivity contribution >= 4 is 0 Å². The highest BCUT2D eigenvalue weighted by molar-refractivity contribution is 4.96. The number of nitriles is 1. The molecule has 1 N–H and O–H groups in total. The number of nitrogens with one attached hydrogen (secondary N) is 1. The molecule has 0 aliphatic heterocycles. The van der Waals surface area contributed by atoms with E-state index >= 15 is 0 Å². The van der Waals surface area contributed by atoms with Crippen LogP contribution in [0.1, 0.15) is 44.9 Å². The van der Waals surface area contributed by atoms with Crippen molar-refractivity contribution in [1.82, 2.24) is 5.32 Å². The van der Waals surface area contributed by atoms with Crippen molar-refractivity contribution in [3.05, 3.63) is 12.3 Å². The predicted molar refractivity (Wildman–Crippen MR) is 54.0 cm³/mol. The number of hydrogen-bond acceptors (Lipinski definition) is 2. The molecule has 2 heteroatoms. The first-order valence-corrected chi connectivity index (χ1v) is 5.14. The highest BCUT2D eigenvalue weighted by Gasteiger charge is 2.12. The van der Waals surface area contributed by atoms with Crippen molar-refractivity contribution in [3.8, 4) is 6.07 Å². The molecular formula is C11H18N2. The lowest BCUT2D eigenvalue weighted by Gasteiger charge is -2.24. The van der Waals surface area contributed by atoms with Gasteiger partial charge in [0, 0.05) is 18.2 Å². The first-order valence-electron chi connectivity index (χ1n) is 5.14. The Balaban J connectivity index is 2.15. The summed E-state index contributed by atoms with van der Waals surface area (Å²) < 4.78 is 0. The van der Waals surface area contributed by atoms with Gasteiger partial charge < -0.3 is 5.32 Å². The maximum Gasteiger partial charge on any atom is 0.0625 e. The molecule has 0 atom stereocenters. The Labute approximate surface area is 80.6 Å². The maximum atomic E-state index is 8.40. The summed E-state index contributed by atoms with van der Waals surface area (Å²) in [5.41, 5.74) is 1.04. The van der Waals surface area contributed by atoms with Crippen molar-refractivity contribution in [3.63, 3.8) is 0 Å².